The first kappa shape index (κ1) is 14.1. The van der Waals surface area contributed by atoms with Gasteiger partial charge in [0.1, 0.15) is 11.3 Å². The SMILES string of the molecule is Cc1cc(C(C)(C)C)c2oc(CN)c(C(C)C)c2c1. The molecule has 1 aromatic carbocycles. The molecular weight excluding hydrogens is 234 g/mol. The molecule has 0 fully saturated rings. The van der Waals surface area contributed by atoms with Gasteiger partial charge in [-0.2, -0.15) is 0 Å². The van der Waals surface area contributed by atoms with E-state index in [0.717, 1.165) is 11.3 Å². The Balaban J connectivity index is 2.88. The summed E-state index contributed by atoms with van der Waals surface area (Å²) >= 11 is 0. The monoisotopic (exact) mass is 259 g/mol. The number of hydrogen-bond donors (Lipinski definition) is 1. The van der Waals surface area contributed by atoms with E-state index < -0.39 is 0 Å². The number of furan rings is 1. The highest BCUT2D eigenvalue weighted by atomic mass is 16.3. The molecule has 0 saturated carbocycles. The molecule has 1 heterocycles. The van der Waals surface area contributed by atoms with Crippen molar-refractivity contribution in [1.82, 2.24) is 0 Å². The summed E-state index contributed by atoms with van der Waals surface area (Å²) in [6.07, 6.45) is 0. The molecule has 0 radical (unpaired) electrons. The summed E-state index contributed by atoms with van der Waals surface area (Å²) in [5.41, 5.74) is 10.8. The fourth-order valence-corrected chi connectivity index (χ4v) is 2.75. The second-order valence-electron chi connectivity index (χ2n) is 6.74. The van der Waals surface area contributed by atoms with Crippen LogP contribution in [0.2, 0.25) is 0 Å². The van der Waals surface area contributed by atoms with Crippen LogP contribution in [0.4, 0.5) is 0 Å². The highest BCUT2D eigenvalue weighted by Gasteiger charge is 2.24. The van der Waals surface area contributed by atoms with Crippen molar-refractivity contribution in [2.24, 2.45) is 5.73 Å². The number of benzene rings is 1. The van der Waals surface area contributed by atoms with E-state index in [-0.39, 0.29) is 5.41 Å². The zero-order valence-electron chi connectivity index (χ0n) is 12.9. The molecule has 0 bridgehead atoms. The number of nitrogens with two attached hydrogens (primary N) is 1. The molecule has 0 amide bonds. The topological polar surface area (TPSA) is 39.2 Å². The molecular formula is C17H25NO. The van der Waals surface area contributed by atoms with Crippen molar-refractivity contribution in [2.75, 3.05) is 0 Å². The zero-order valence-corrected chi connectivity index (χ0v) is 12.9. The predicted molar refractivity (Wildman–Crippen MR) is 81.6 cm³/mol. The van der Waals surface area contributed by atoms with E-state index in [1.807, 2.05) is 0 Å². The summed E-state index contributed by atoms with van der Waals surface area (Å²) in [5.74, 6) is 1.36. The van der Waals surface area contributed by atoms with Crippen LogP contribution >= 0.6 is 0 Å². The van der Waals surface area contributed by atoms with E-state index in [0.29, 0.717) is 12.5 Å². The van der Waals surface area contributed by atoms with Gasteiger partial charge in [-0.25, -0.2) is 0 Å². The lowest BCUT2D eigenvalue weighted by Gasteiger charge is -2.20. The Hall–Kier alpha value is -1.28. The lowest BCUT2D eigenvalue weighted by Crippen LogP contribution is -2.11. The fraction of sp³-hybridized carbons (Fsp3) is 0.529. The van der Waals surface area contributed by atoms with Gasteiger partial charge >= 0.3 is 0 Å². The van der Waals surface area contributed by atoms with Crippen molar-refractivity contribution in [2.45, 2.75) is 59.4 Å². The van der Waals surface area contributed by atoms with E-state index in [1.54, 1.807) is 0 Å². The maximum atomic E-state index is 6.10. The molecule has 2 rings (SSSR count). The number of aryl methyl sites for hydroxylation is 1. The van der Waals surface area contributed by atoms with Crippen LogP contribution < -0.4 is 5.73 Å². The summed E-state index contributed by atoms with van der Waals surface area (Å²) in [5, 5.41) is 1.24. The van der Waals surface area contributed by atoms with Crippen LogP contribution in [-0.2, 0) is 12.0 Å². The molecule has 0 spiro atoms. The Bertz CT molecular complexity index is 600. The normalized spacial score (nSPS) is 12.6. The van der Waals surface area contributed by atoms with Crippen LogP contribution in [-0.4, -0.2) is 0 Å². The Morgan fingerprint density at radius 2 is 1.84 bits per heavy atom. The first-order valence-corrected chi connectivity index (χ1v) is 7.02. The molecule has 0 saturated heterocycles. The summed E-state index contributed by atoms with van der Waals surface area (Å²) in [4.78, 5) is 0. The lowest BCUT2D eigenvalue weighted by molar-refractivity contribution is 0.520. The van der Waals surface area contributed by atoms with Crippen LogP contribution in [0.5, 0.6) is 0 Å². The van der Waals surface area contributed by atoms with Gasteiger partial charge in [0, 0.05) is 16.5 Å². The molecule has 0 aliphatic carbocycles. The van der Waals surface area contributed by atoms with Crippen molar-refractivity contribution >= 4 is 11.0 Å². The van der Waals surface area contributed by atoms with Gasteiger partial charge in [0.25, 0.3) is 0 Å². The average molecular weight is 259 g/mol. The molecule has 0 unspecified atom stereocenters. The maximum Gasteiger partial charge on any atom is 0.138 e. The van der Waals surface area contributed by atoms with Gasteiger partial charge in [-0.15, -0.1) is 0 Å². The molecule has 2 aromatic rings. The van der Waals surface area contributed by atoms with Crippen LogP contribution in [0, 0.1) is 6.92 Å². The molecule has 0 aliphatic heterocycles. The molecule has 2 heteroatoms. The largest absolute Gasteiger partial charge is 0.459 e. The Morgan fingerprint density at radius 1 is 1.21 bits per heavy atom. The summed E-state index contributed by atoms with van der Waals surface area (Å²) < 4.78 is 6.10. The van der Waals surface area contributed by atoms with Gasteiger partial charge < -0.3 is 10.2 Å². The second-order valence-corrected chi connectivity index (χ2v) is 6.74. The van der Waals surface area contributed by atoms with E-state index in [9.17, 15) is 0 Å². The van der Waals surface area contributed by atoms with Gasteiger partial charge in [0.15, 0.2) is 0 Å². The lowest BCUT2D eigenvalue weighted by atomic mass is 9.84. The van der Waals surface area contributed by atoms with Gasteiger partial charge in [-0.3, -0.25) is 0 Å². The predicted octanol–water partition coefficient (Wildman–Crippen LogP) is 4.62. The maximum absolute atomic E-state index is 6.10. The molecule has 2 N–H and O–H groups in total. The summed E-state index contributed by atoms with van der Waals surface area (Å²) in [7, 11) is 0. The highest BCUT2D eigenvalue weighted by Crippen LogP contribution is 2.38. The van der Waals surface area contributed by atoms with Crippen molar-refractivity contribution < 1.29 is 4.42 Å². The smallest absolute Gasteiger partial charge is 0.138 e. The van der Waals surface area contributed by atoms with Crippen molar-refractivity contribution in [1.29, 1.82) is 0 Å². The minimum atomic E-state index is 0.0717. The van der Waals surface area contributed by atoms with Crippen LogP contribution in [0.1, 0.15) is 63.0 Å². The van der Waals surface area contributed by atoms with E-state index in [2.05, 4.69) is 53.7 Å². The van der Waals surface area contributed by atoms with E-state index >= 15 is 0 Å². The summed E-state index contributed by atoms with van der Waals surface area (Å²) in [6, 6.07) is 4.46. The Kier molecular flexibility index (Phi) is 3.48. The Labute approximate surface area is 116 Å². The van der Waals surface area contributed by atoms with Crippen LogP contribution in [0.15, 0.2) is 16.5 Å². The number of hydrogen-bond acceptors (Lipinski definition) is 2. The minimum Gasteiger partial charge on any atom is -0.459 e. The molecule has 104 valence electrons. The quantitative estimate of drug-likeness (QED) is 0.854. The van der Waals surface area contributed by atoms with Crippen molar-refractivity contribution in [3.05, 3.63) is 34.6 Å². The van der Waals surface area contributed by atoms with Gasteiger partial charge in [-0.05, 0) is 29.9 Å². The Morgan fingerprint density at radius 3 is 2.32 bits per heavy atom. The number of fused-ring (bicyclic) bond motifs is 1. The molecule has 2 nitrogen and oxygen atoms in total. The summed E-state index contributed by atoms with van der Waals surface area (Å²) in [6.45, 7) is 13.7. The average Bonchev–Trinajstić information content (AvgIpc) is 2.64. The third-order valence-electron chi connectivity index (χ3n) is 3.62. The third-order valence-corrected chi connectivity index (χ3v) is 3.62. The van der Waals surface area contributed by atoms with Crippen molar-refractivity contribution in [3.8, 4) is 0 Å². The standard InChI is InChI=1S/C17H25NO/c1-10(2)15-12-7-11(3)8-13(17(4,5)6)16(12)19-14(15)9-18/h7-8,10H,9,18H2,1-6H3. The second kappa shape index (κ2) is 4.68. The highest BCUT2D eigenvalue weighted by molar-refractivity contribution is 5.87. The van der Waals surface area contributed by atoms with Gasteiger partial charge in [0.05, 0.1) is 6.54 Å². The van der Waals surface area contributed by atoms with E-state index in [4.69, 9.17) is 10.2 Å². The first-order valence-electron chi connectivity index (χ1n) is 7.02. The van der Waals surface area contributed by atoms with Gasteiger partial charge in [0.2, 0.25) is 0 Å². The van der Waals surface area contributed by atoms with Crippen molar-refractivity contribution in [3.63, 3.8) is 0 Å². The first-order chi connectivity index (χ1) is 8.75. The molecule has 19 heavy (non-hydrogen) atoms. The molecule has 0 atom stereocenters. The van der Waals surface area contributed by atoms with Gasteiger partial charge in [-0.1, -0.05) is 40.7 Å². The third kappa shape index (κ3) is 2.42. The molecule has 1 aromatic heterocycles. The molecule has 0 aliphatic rings. The number of rotatable bonds is 2. The van der Waals surface area contributed by atoms with Crippen LogP contribution in [0.25, 0.3) is 11.0 Å². The van der Waals surface area contributed by atoms with Crippen LogP contribution in [0.3, 0.4) is 0 Å². The zero-order chi connectivity index (χ0) is 14.4. The minimum absolute atomic E-state index is 0.0717. The van der Waals surface area contributed by atoms with E-state index in [1.165, 1.54) is 22.1 Å². The fourth-order valence-electron chi connectivity index (χ4n) is 2.75.